The number of nitrogens with zero attached hydrogens (tertiary/aromatic N) is 4. The summed E-state index contributed by atoms with van der Waals surface area (Å²) in [7, 11) is 0. The van der Waals surface area contributed by atoms with Crippen LogP contribution in [0.2, 0.25) is 0 Å². The molecule has 2 fully saturated rings. The lowest BCUT2D eigenvalue weighted by Gasteiger charge is -2.33. The van der Waals surface area contributed by atoms with E-state index < -0.39 is 0 Å². The van der Waals surface area contributed by atoms with Crippen molar-refractivity contribution in [1.82, 2.24) is 14.9 Å². The number of piperidine rings is 1. The largest absolute Gasteiger partial charge is 0.474 e. The van der Waals surface area contributed by atoms with Crippen molar-refractivity contribution in [2.45, 2.75) is 32.3 Å². The first-order chi connectivity index (χ1) is 13.6. The monoisotopic (exact) mass is 380 g/mol. The average Bonchev–Trinajstić information content (AvgIpc) is 3.11. The molecular weight excluding hydrogens is 356 g/mol. The van der Waals surface area contributed by atoms with Gasteiger partial charge in [0.25, 0.3) is 0 Å². The minimum absolute atomic E-state index is 0.0178. The smallest absolute Gasteiger partial charge is 0.228 e. The van der Waals surface area contributed by atoms with Crippen molar-refractivity contribution in [1.29, 1.82) is 0 Å². The molecule has 0 spiro atoms. The van der Waals surface area contributed by atoms with Gasteiger partial charge in [0.05, 0.1) is 5.92 Å². The lowest BCUT2D eigenvalue weighted by Crippen LogP contribution is -2.45. The van der Waals surface area contributed by atoms with E-state index in [-0.39, 0.29) is 30.3 Å². The zero-order valence-electron chi connectivity index (χ0n) is 16.0. The van der Waals surface area contributed by atoms with Crippen LogP contribution in [0.4, 0.5) is 5.69 Å². The van der Waals surface area contributed by atoms with Gasteiger partial charge < -0.3 is 14.5 Å². The van der Waals surface area contributed by atoms with Crippen LogP contribution < -0.4 is 9.64 Å². The van der Waals surface area contributed by atoms with Crippen LogP contribution in [-0.2, 0) is 9.59 Å². The van der Waals surface area contributed by atoms with Crippen molar-refractivity contribution in [2.24, 2.45) is 5.92 Å². The molecule has 1 aromatic heterocycles. The molecule has 2 aliphatic heterocycles. The Morgan fingerprint density at radius 1 is 1.14 bits per heavy atom. The highest BCUT2D eigenvalue weighted by molar-refractivity contribution is 6.00. The van der Waals surface area contributed by atoms with E-state index in [4.69, 9.17) is 4.74 Å². The molecular formula is C21H24N4O3. The fourth-order valence-corrected chi connectivity index (χ4v) is 3.82. The number of benzene rings is 1. The molecule has 1 unspecified atom stereocenters. The van der Waals surface area contributed by atoms with Gasteiger partial charge in [0.2, 0.25) is 17.7 Å². The quantitative estimate of drug-likeness (QED) is 0.813. The van der Waals surface area contributed by atoms with Gasteiger partial charge in [-0.05, 0) is 19.1 Å². The van der Waals surface area contributed by atoms with Crippen molar-refractivity contribution in [3.63, 3.8) is 0 Å². The number of likely N-dealkylation sites (tertiary alicyclic amines) is 1. The molecule has 2 amide bonds. The van der Waals surface area contributed by atoms with E-state index in [0.29, 0.717) is 25.5 Å². The van der Waals surface area contributed by atoms with E-state index >= 15 is 0 Å². The molecule has 146 valence electrons. The Kier molecular flexibility index (Phi) is 5.23. The summed E-state index contributed by atoms with van der Waals surface area (Å²) in [6.45, 7) is 3.76. The second kappa shape index (κ2) is 7.96. The number of hydrogen-bond acceptors (Lipinski definition) is 5. The van der Waals surface area contributed by atoms with Crippen LogP contribution in [-0.4, -0.2) is 52.4 Å². The third-order valence-electron chi connectivity index (χ3n) is 5.42. The van der Waals surface area contributed by atoms with Crippen LogP contribution in [0.25, 0.3) is 0 Å². The van der Waals surface area contributed by atoms with E-state index in [9.17, 15) is 9.59 Å². The average molecular weight is 380 g/mol. The third kappa shape index (κ3) is 3.98. The summed E-state index contributed by atoms with van der Waals surface area (Å²) in [6, 6.07) is 9.59. The van der Waals surface area contributed by atoms with Crippen molar-refractivity contribution in [3.8, 4) is 5.88 Å². The lowest BCUT2D eigenvalue weighted by atomic mass is 10.0. The molecule has 28 heavy (non-hydrogen) atoms. The summed E-state index contributed by atoms with van der Waals surface area (Å²) >= 11 is 0. The third-order valence-corrected chi connectivity index (χ3v) is 5.42. The Balaban J connectivity index is 1.32. The number of aryl methyl sites for hydroxylation is 1. The Bertz CT molecular complexity index is 832. The summed E-state index contributed by atoms with van der Waals surface area (Å²) in [5.41, 5.74) is 2.01. The highest BCUT2D eigenvalue weighted by Gasteiger charge is 2.38. The molecule has 0 N–H and O–H groups in total. The second-order valence-corrected chi connectivity index (χ2v) is 7.43. The van der Waals surface area contributed by atoms with E-state index in [1.807, 2.05) is 36.1 Å². The predicted octanol–water partition coefficient (Wildman–Crippen LogP) is 2.21. The summed E-state index contributed by atoms with van der Waals surface area (Å²) in [5, 5.41) is 0. The normalized spacial score (nSPS) is 20.5. The Labute approximate surface area is 164 Å². The van der Waals surface area contributed by atoms with E-state index in [0.717, 1.165) is 24.1 Å². The molecule has 2 aromatic rings. The van der Waals surface area contributed by atoms with E-state index in [2.05, 4.69) is 9.97 Å². The summed E-state index contributed by atoms with van der Waals surface area (Å²) < 4.78 is 5.86. The minimum atomic E-state index is -0.270. The number of aromatic nitrogens is 2. The number of anilines is 1. The van der Waals surface area contributed by atoms with Crippen molar-refractivity contribution in [2.75, 3.05) is 24.5 Å². The predicted molar refractivity (Wildman–Crippen MR) is 104 cm³/mol. The number of ether oxygens (including phenoxy) is 1. The topological polar surface area (TPSA) is 75.6 Å². The zero-order valence-corrected chi connectivity index (χ0v) is 16.0. The molecule has 0 saturated carbocycles. The molecule has 2 saturated heterocycles. The Hall–Kier alpha value is -2.96. The first-order valence-electron chi connectivity index (χ1n) is 9.68. The SMILES string of the molecule is Cc1ccc(N2CC(C(=O)N3CCC(Oc4ccncn4)CC3)CC2=O)cc1. The van der Waals surface area contributed by atoms with Gasteiger partial charge in [0.15, 0.2) is 0 Å². The number of amides is 2. The van der Waals surface area contributed by atoms with Crippen LogP contribution in [0.15, 0.2) is 42.9 Å². The number of carbonyl (C=O) groups excluding carboxylic acids is 2. The fraction of sp³-hybridized carbons (Fsp3) is 0.429. The van der Waals surface area contributed by atoms with Gasteiger partial charge in [-0.15, -0.1) is 0 Å². The minimum Gasteiger partial charge on any atom is -0.474 e. The summed E-state index contributed by atoms with van der Waals surface area (Å²) in [5.74, 6) is 0.385. The van der Waals surface area contributed by atoms with Crippen LogP contribution in [0.1, 0.15) is 24.8 Å². The molecule has 2 aliphatic rings. The molecule has 7 nitrogen and oxygen atoms in total. The van der Waals surface area contributed by atoms with Crippen LogP contribution in [0.5, 0.6) is 5.88 Å². The van der Waals surface area contributed by atoms with E-state index in [1.165, 1.54) is 6.33 Å². The fourth-order valence-electron chi connectivity index (χ4n) is 3.82. The van der Waals surface area contributed by atoms with Crippen LogP contribution >= 0.6 is 0 Å². The van der Waals surface area contributed by atoms with Gasteiger partial charge in [-0.3, -0.25) is 9.59 Å². The molecule has 0 aliphatic carbocycles. The standard InChI is InChI=1S/C21H24N4O3/c1-15-2-4-17(5-3-15)25-13-16(12-20(25)26)21(27)24-10-7-18(8-11-24)28-19-6-9-22-14-23-19/h2-6,9,14,16,18H,7-8,10-13H2,1H3. The Morgan fingerprint density at radius 3 is 2.57 bits per heavy atom. The molecule has 3 heterocycles. The van der Waals surface area contributed by atoms with Gasteiger partial charge in [-0.1, -0.05) is 17.7 Å². The van der Waals surface area contributed by atoms with Gasteiger partial charge in [0, 0.05) is 56.8 Å². The molecule has 0 bridgehead atoms. The first kappa shape index (κ1) is 18.4. The highest BCUT2D eigenvalue weighted by Crippen LogP contribution is 2.28. The van der Waals surface area contributed by atoms with Gasteiger partial charge >= 0.3 is 0 Å². The lowest BCUT2D eigenvalue weighted by molar-refractivity contribution is -0.137. The van der Waals surface area contributed by atoms with Gasteiger partial charge in [-0.2, -0.15) is 0 Å². The van der Waals surface area contributed by atoms with Gasteiger partial charge in [0.1, 0.15) is 12.4 Å². The second-order valence-electron chi connectivity index (χ2n) is 7.43. The zero-order chi connectivity index (χ0) is 19.5. The van der Waals surface area contributed by atoms with Crippen LogP contribution in [0.3, 0.4) is 0 Å². The maximum Gasteiger partial charge on any atom is 0.228 e. The van der Waals surface area contributed by atoms with Crippen molar-refractivity contribution >= 4 is 17.5 Å². The first-order valence-corrected chi connectivity index (χ1v) is 9.68. The molecule has 1 atom stereocenters. The molecule has 0 radical (unpaired) electrons. The molecule has 7 heteroatoms. The van der Waals surface area contributed by atoms with Crippen LogP contribution in [0, 0.1) is 12.8 Å². The summed E-state index contributed by atoms with van der Waals surface area (Å²) in [4.78, 5) is 36.9. The molecule has 1 aromatic carbocycles. The number of rotatable bonds is 4. The highest BCUT2D eigenvalue weighted by atomic mass is 16.5. The Morgan fingerprint density at radius 2 is 1.89 bits per heavy atom. The van der Waals surface area contributed by atoms with Crippen molar-refractivity contribution < 1.29 is 14.3 Å². The number of carbonyl (C=O) groups is 2. The number of hydrogen-bond donors (Lipinski definition) is 0. The van der Waals surface area contributed by atoms with Gasteiger partial charge in [-0.25, -0.2) is 9.97 Å². The maximum absolute atomic E-state index is 12.9. The molecule has 4 rings (SSSR count). The van der Waals surface area contributed by atoms with E-state index in [1.54, 1.807) is 17.2 Å². The maximum atomic E-state index is 12.9. The van der Waals surface area contributed by atoms with Crippen molar-refractivity contribution in [3.05, 3.63) is 48.4 Å². The summed E-state index contributed by atoms with van der Waals surface area (Å²) in [6.07, 6.45) is 4.97.